The molecule has 29 heavy (non-hydrogen) atoms. The van der Waals surface area contributed by atoms with Crippen LogP contribution in [0.5, 0.6) is 0 Å². The summed E-state index contributed by atoms with van der Waals surface area (Å²) in [5, 5.41) is 0.877. The molecule has 7 heteroatoms. The Balaban J connectivity index is 1.71. The third-order valence-electron chi connectivity index (χ3n) is 5.31. The molecule has 0 atom stereocenters. The van der Waals surface area contributed by atoms with Gasteiger partial charge in [-0.3, -0.25) is 4.79 Å². The molecule has 0 unspecified atom stereocenters. The normalized spacial score (nSPS) is 20.4. The summed E-state index contributed by atoms with van der Waals surface area (Å²) in [6, 6.07) is 3.75. The number of carbonyl (C=O) groups is 2. The number of piperidine rings is 1. The molecule has 152 valence electrons. The third-order valence-corrected chi connectivity index (χ3v) is 5.31. The van der Waals surface area contributed by atoms with Crippen LogP contribution in [0.2, 0.25) is 0 Å². The average Bonchev–Trinajstić information content (AvgIpc) is 3.23. The van der Waals surface area contributed by atoms with Crippen molar-refractivity contribution in [3.05, 3.63) is 47.3 Å². The summed E-state index contributed by atoms with van der Waals surface area (Å²) in [7, 11) is 0. The van der Waals surface area contributed by atoms with E-state index in [1.54, 1.807) is 25.4 Å². The van der Waals surface area contributed by atoms with Crippen molar-refractivity contribution in [2.24, 2.45) is 5.41 Å². The Morgan fingerprint density at radius 2 is 2.28 bits per heavy atom. The SMILES string of the molecule is CCOC(=O)C1=C(N2CCCC(C)(C)C2)O/C(=C\c2c[nH]c3ncccc23)C1=O. The summed E-state index contributed by atoms with van der Waals surface area (Å²) in [5.74, 6) is -0.651. The number of allylic oxidation sites excluding steroid dienone is 1. The number of rotatable bonds is 4. The van der Waals surface area contributed by atoms with E-state index in [0.717, 1.165) is 36.0 Å². The van der Waals surface area contributed by atoms with Gasteiger partial charge in [0.15, 0.2) is 11.3 Å². The number of esters is 1. The number of hydrogen-bond donors (Lipinski definition) is 1. The molecule has 2 aromatic rings. The van der Waals surface area contributed by atoms with Crippen molar-refractivity contribution in [3.63, 3.8) is 0 Å². The maximum Gasteiger partial charge on any atom is 0.347 e. The lowest BCUT2D eigenvalue weighted by Crippen LogP contribution is -2.40. The fourth-order valence-corrected chi connectivity index (χ4v) is 3.96. The molecule has 1 fully saturated rings. The van der Waals surface area contributed by atoms with E-state index in [9.17, 15) is 9.59 Å². The monoisotopic (exact) mass is 395 g/mol. The molecule has 0 spiro atoms. The number of fused-ring (bicyclic) bond motifs is 1. The number of H-pyrrole nitrogens is 1. The van der Waals surface area contributed by atoms with Gasteiger partial charge in [-0.1, -0.05) is 13.8 Å². The van der Waals surface area contributed by atoms with Gasteiger partial charge in [-0.15, -0.1) is 0 Å². The van der Waals surface area contributed by atoms with Crippen molar-refractivity contribution in [1.29, 1.82) is 0 Å². The maximum absolute atomic E-state index is 13.1. The fraction of sp³-hybridized carbons (Fsp3) is 0.409. The van der Waals surface area contributed by atoms with Crippen LogP contribution in [0.4, 0.5) is 0 Å². The minimum Gasteiger partial charge on any atom is -0.462 e. The van der Waals surface area contributed by atoms with Crippen LogP contribution < -0.4 is 0 Å². The predicted molar refractivity (Wildman–Crippen MR) is 108 cm³/mol. The van der Waals surface area contributed by atoms with Crippen LogP contribution in [0.25, 0.3) is 17.1 Å². The highest BCUT2D eigenvalue weighted by Gasteiger charge is 2.41. The highest BCUT2D eigenvalue weighted by molar-refractivity contribution is 6.26. The van der Waals surface area contributed by atoms with Gasteiger partial charge in [0.25, 0.3) is 0 Å². The molecule has 0 aliphatic carbocycles. The van der Waals surface area contributed by atoms with E-state index < -0.39 is 11.8 Å². The van der Waals surface area contributed by atoms with E-state index in [-0.39, 0.29) is 23.4 Å². The predicted octanol–water partition coefficient (Wildman–Crippen LogP) is 3.40. The fourth-order valence-electron chi connectivity index (χ4n) is 3.96. The molecule has 4 heterocycles. The Bertz CT molecular complexity index is 1030. The van der Waals surface area contributed by atoms with Crippen LogP contribution in [-0.2, 0) is 19.1 Å². The van der Waals surface area contributed by atoms with Crippen LogP contribution in [0.1, 0.15) is 39.2 Å². The number of aromatic amines is 1. The average molecular weight is 395 g/mol. The number of carbonyl (C=O) groups excluding carboxylic acids is 2. The van der Waals surface area contributed by atoms with Gasteiger partial charge in [0.2, 0.25) is 11.7 Å². The number of nitrogens with one attached hydrogen (secondary N) is 1. The number of hydrogen-bond acceptors (Lipinski definition) is 6. The molecule has 0 bridgehead atoms. The van der Waals surface area contributed by atoms with Gasteiger partial charge in [0, 0.05) is 36.4 Å². The number of ketones is 1. The zero-order valence-electron chi connectivity index (χ0n) is 16.9. The zero-order valence-corrected chi connectivity index (χ0v) is 16.9. The standard InChI is InChI=1S/C22H25N3O4/c1-4-28-21(27)17-18(26)16(11-14-12-24-19-15(14)7-5-9-23-19)29-20(17)25-10-6-8-22(2,3)13-25/h5,7,9,11-12H,4,6,8,10,13H2,1-3H3,(H,23,24)/b16-11-. The van der Waals surface area contributed by atoms with Crippen molar-refractivity contribution in [1.82, 2.24) is 14.9 Å². The van der Waals surface area contributed by atoms with Crippen molar-refractivity contribution in [2.75, 3.05) is 19.7 Å². The van der Waals surface area contributed by atoms with Crippen LogP contribution >= 0.6 is 0 Å². The van der Waals surface area contributed by atoms with Gasteiger partial charge in [0.05, 0.1) is 6.61 Å². The van der Waals surface area contributed by atoms with E-state index in [4.69, 9.17) is 9.47 Å². The molecule has 2 aliphatic heterocycles. The summed E-state index contributed by atoms with van der Waals surface area (Å²) in [4.78, 5) is 35.0. The Morgan fingerprint density at radius 1 is 1.45 bits per heavy atom. The second-order valence-electron chi connectivity index (χ2n) is 8.17. The van der Waals surface area contributed by atoms with Crippen molar-refractivity contribution < 1.29 is 19.1 Å². The summed E-state index contributed by atoms with van der Waals surface area (Å²) >= 11 is 0. The first kappa shape index (κ1) is 19.2. The van der Waals surface area contributed by atoms with Crippen molar-refractivity contribution in [2.45, 2.75) is 33.6 Å². The molecule has 0 radical (unpaired) electrons. The third kappa shape index (κ3) is 3.64. The first-order chi connectivity index (χ1) is 13.9. The van der Waals surface area contributed by atoms with E-state index >= 15 is 0 Å². The molecule has 0 saturated carbocycles. The van der Waals surface area contributed by atoms with Gasteiger partial charge in [-0.2, -0.15) is 0 Å². The smallest absolute Gasteiger partial charge is 0.347 e. The van der Waals surface area contributed by atoms with Gasteiger partial charge in [0.1, 0.15) is 5.65 Å². The molecule has 1 saturated heterocycles. The maximum atomic E-state index is 13.1. The van der Waals surface area contributed by atoms with Crippen LogP contribution in [0.3, 0.4) is 0 Å². The summed E-state index contributed by atoms with van der Waals surface area (Å²) in [6.45, 7) is 7.72. The Hall–Kier alpha value is -3.09. The molecule has 1 N–H and O–H groups in total. The Kier molecular flexibility index (Phi) is 4.90. The van der Waals surface area contributed by atoms with Crippen molar-refractivity contribution >= 4 is 28.9 Å². The molecular weight excluding hydrogens is 370 g/mol. The highest BCUT2D eigenvalue weighted by Crippen LogP contribution is 2.36. The number of ether oxygens (including phenoxy) is 2. The van der Waals surface area contributed by atoms with Crippen molar-refractivity contribution in [3.8, 4) is 0 Å². The van der Waals surface area contributed by atoms with Gasteiger partial charge in [-0.05, 0) is 43.4 Å². The summed E-state index contributed by atoms with van der Waals surface area (Å²) in [6.07, 6.45) is 7.18. The largest absolute Gasteiger partial charge is 0.462 e. The minimum absolute atomic E-state index is 0.0197. The number of aromatic nitrogens is 2. The Morgan fingerprint density at radius 3 is 3.03 bits per heavy atom. The lowest BCUT2D eigenvalue weighted by molar-refractivity contribution is -0.139. The molecule has 0 amide bonds. The minimum atomic E-state index is -0.639. The van der Waals surface area contributed by atoms with Gasteiger partial charge < -0.3 is 19.4 Å². The second kappa shape index (κ2) is 7.39. The van der Waals surface area contributed by atoms with E-state index in [0.29, 0.717) is 12.4 Å². The highest BCUT2D eigenvalue weighted by atomic mass is 16.5. The zero-order chi connectivity index (χ0) is 20.6. The number of pyridine rings is 1. The van der Waals surface area contributed by atoms with E-state index in [1.807, 2.05) is 17.0 Å². The molecule has 7 nitrogen and oxygen atoms in total. The lowest BCUT2D eigenvalue weighted by Gasteiger charge is -2.39. The Labute approximate surface area is 169 Å². The van der Waals surface area contributed by atoms with E-state index in [1.165, 1.54) is 0 Å². The van der Waals surface area contributed by atoms with Crippen LogP contribution in [0, 0.1) is 5.41 Å². The van der Waals surface area contributed by atoms with Gasteiger partial charge >= 0.3 is 5.97 Å². The molecule has 2 aliphatic rings. The van der Waals surface area contributed by atoms with Crippen LogP contribution in [0.15, 0.2) is 41.7 Å². The van der Waals surface area contributed by atoms with E-state index in [2.05, 4.69) is 23.8 Å². The number of nitrogens with zero attached hydrogens (tertiary/aromatic N) is 2. The molecular formula is C22H25N3O4. The van der Waals surface area contributed by atoms with Gasteiger partial charge in [-0.25, -0.2) is 9.78 Å². The molecule has 4 rings (SSSR count). The molecule has 2 aromatic heterocycles. The number of likely N-dealkylation sites (tertiary alicyclic amines) is 1. The first-order valence-electron chi connectivity index (χ1n) is 9.92. The quantitative estimate of drug-likeness (QED) is 0.485. The summed E-state index contributed by atoms with van der Waals surface area (Å²) < 4.78 is 11.1. The van der Waals surface area contributed by atoms with Crippen LogP contribution in [-0.4, -0.2) is 46.3 Å². The number of Topliss-reactive ketones (excluding diaryl/α,β-unsaturated/α-hetero) is 1. The first-order valence-corrected chi connectivity index (χ1v) is 9.92. The molecule has 0 aromatic carbocycles. The lowest BCUT2D eigenvalue weighted by atomic mass is 9.84. The summed E-state index contributed by atoms with van der Waals surface area (Å²) in [5.41, 5.74) is 1.56. The topological polar surface area (TPSA) is 84.5 Å². The second-order valence-corrected chi connectivity index (χ2v) is 8.17.